The van der Waals surface area contributed by atoms with Crippen LogP contribution in [0.2, 0.25) is 0 Å². The van der Waals surface area contributed by atoms with Crippen LogP contribution in [0.3, 0.4) is 0 Å². The van der Waals surface area contributed by atoms with Gasteiger partial charge in [0.15, 0.2) is 0 Å². The Balaban J connectivity index is 1.80. The summed E-state index contributed by atoms with van der Waals surface area (Å²) in [7, 11) is 0. The molecule has 2 unspecified atom stereocenters. The summed E-state index contributed by atoms with van der Waals surface area (Å²) in [4.78, 5) is 27.9. The average molecular weight is 387 g/mol. The fraction of sp³-hybridized carbons (Fsp3) is 0.429. The Labute approximate surface area is 164 Å². The highest BCUT2D eigenvalue weighted by Gasteiger charge is 2.42. The van der Waals surface area contributed by atoms with Crippen molar-refractivity contribution in [1.82, 2.24) is 10.2 Å². The van der Waals surface area contributed by atoms with Gasteiger partial charge in [-0.25, -0.2) is 0 Å². The van der Waals surface area contributed by atoms with Crippen LogP contribution >= 0.6 is 11.8 Å². The van der Waals surface area contributed by atoms with Gasteiger partial charge in [-0.3, -0.25) is 9.59 Å². The van der Waals surface area contributed by atoms with E-state index < -0.39 is 6.04 Å². The number of carbonyl (C=O) groups is 2. The van der Waals surface area contributed by atoms with Gasteiger partial charge in [0.25, 0.3) is 5.91 Å². The monoisotopic (exact) mass is 386 g/mol. The number of nitrogens with one attached hydrogen (secondary N) is 1. The minimum atomic E-state index is -0.471. The predicted molar refractivity (Wildman–Crippen MR) is 107 cm³/mol. The second-order valence-electron chi connectivity index (χ2n) is 7.26. The predicted octanol–water partition coefficient (Wildman–Crippen LogP) is 3.83. The lowest BCUT2D eigenvalue weighted by atomic mass is 10.0. The van der Waals surface area contributed by atoms with Gasteiger partial charge in [-0.15, -0.1) is 11.8 Å². The number of benzene rings is 1. The van der Waals surface area contributed by atoms with Crippen LogP contribution in [0.25, 0.3) is 0 Å². The van der Waals surface area contributed by atoms with Crippen LogP contribution in [0, 0.1) is 12.8 Å². The van der Waals surface area contributed by atoms with Crippen molar-refractivity contribution in [3.05, 3.63) is 59.5 Å². The fourth-order valence-electron chi connectivity index (χ4n) is 3.28. The molecule has 27 heavy (non-hydrogen) atoms. The van der Waals surface area contributed by atoms with E-state index in [2.05, 4.69) is 19.2 Å². The summed E-state index contributed by atoms with van der Waals surface area (Å²) in [6.45, 7) is 6.54. The zero-order valence-corrected chi connectivity index (χ0v) is 16.8. The van der Waals surface area contributed by atoms with Crippen molar-refractivity contribution < 1.29 is 14.0 Å². The van der Waals surface area contributed by atoms with Gasteiger partial charge >= 0.3 is 0 Å². The second-order valence-corrected chi connectivity index (χ2v) is 8.47. The molecule has 0 spiro atoms. The minimum absolute atomic E-state index is 0.0106. The lowest BCUT2D eigenvalue weighted by Crippen LogP contribution is -2.50. The van der Waals surface area contributed by atoms with E-state index in [4.69, 9.17) is 4.42 Å². The first kappa shape index (κ1) is 19.5. The molecule has 0 radical (unpaired) electrons. The molecular formula is C21H26N2O3S. The minimum Gasteiger partial charge on any atom is -0.467 e. The Morgan fingerprint density at radius 1 is 1.26 bits per heavy atom. The number of nitrogens with zero attached hydrogens (tertiary/aromatic N) is 1. The van der Waals surface area contributed by atoms with Crippen LogP contribution in [0.1, 0.15) is 41.9 Å². The molecule has 1 fully saturated rings. The number of hydrogen-bond acceptors (Lipinski definition) is 4. The maximum atomic E-state index is 13.3. The Morgan fingerprint density at radius 2 is 2.04 bits per heavy atom. The third-order valence-corrected chi connectivity index (χ3v) is 6.01. The summed E-state index contributed by atoms with van der Waals surface area (Å²) in [6.07, 6.45) is 2.45. The lowest BCUT2D eigenvalue weighted by Gasteiger charge is -2.30. The summed E-state index contributed by atoms with van der Waals surface area (Å²) in [5, 5.41) is 2.92. The van der Waals surface area contributed by atoms with Crippen molar-refractivity contribution >= 4 is 23.6 Å². The van der Waals surface area contributed by atoms with Crippen LogP contribution in [-0.2, 0) is 11.3 Å². The van der Waals surface area contributed by atoms with E-state index in [1.807, 2.05) is 37.3 Å². The molecule has 0 bridgehead atoms. The normalized spacial score (nSPS) is 19.5. The topological polar surface area (TPSA) is 62.6 Å². The van der Waals surface area contributed by atoms with E-state index >= 15 is 0 Å². The van der Waals surface area contributed by atoms with E-state index in [1.165, 1.54) is 0 Å². The van der Waals surface area contributed by atoms with Crippen LogP contribution in [0.4, 0.5) is 0 Å². The maximum absolute atomic E-state index is 13.3. The standard InChI is InChI=1S/C21H26N2O3S/c1-14(2)11-19-23(21(25)17-9-5-4-7-15(17)3)18(13-27-19)20(24)22-12-16-8-6-10-26-16/h4-10,14,18-19H,11-13H2,1-3H3,(H,22,24). The third-order valence-electron chi connectivity index (χ3n) is 4.70. The summed E-state index contributed by atoms with van der Waals surface area (Å²) in [5.41, 5.74) is 1.59. The first-order chi connectivity index (χ1) is 13.0. The molecule has 2 heterocycles. The summed E-state index contributed by atoms with van der Waals surface area (Å²) < 4.78 is 5.28. The first-order valence-electron chi connectivity index (χ1n) is 9.27. The highest BCUT2D eigenvalue weighted by Crippen LogP contribution is 2.35. The van der Waals surface area contributed by atoms with Gasteiger partial charge in [0.2, 0.25) is 5.91 Å². The molecule has 2 atom stereocenters. The Morgan fingerprint density at radius 3 is 2.70 bits per heavy atom. The fourth-order valence-corrected chi connectivity index (χ4v) is 4.92. The van der Waals surface area contributed by atoms with Gasteiger partial charge in [0.1, 0.15) is 11.8 Å². The molecule has 144 valence electrons. The van der Waals surface area contributed by atoms with Crippen LogP contribution in [0.5, 0.6) is 0 Å². The molecular weight excluding hydrogens is 360 g/mol. The average Bonchev–Trinajstić information content (AvgIpc) is 3.29. The molecule has 1 aliphatic rings. The molecule has 0 saturated carbocycles. The molecule has 6 heteroatoms. The summed E-state index contributed by atoms with van der Waals surface area (Å²) in [5.74, 6) is 1.55. The molecule has 1 aromatic heterocycles. The molecule has 1 aromatic carbocycles. The largest absolute Gasteiger partial charge is 0.467 e. The molecule has 1 aliphatic heterocycles. The van der Waals surface area contributed by atoms with E-state index in [1.54, 1.807) is 29.0 Å². The van der Waals surface area contributed by atoms with Gasteiger partial charge in [-0.05, 0) is 43.0 Å². The number of furan rings is 1. The van der Waals surface area contributed by atoms with E-state index in [0.717, 1.165) is 12.0 Å². The number of rotatable bonds is 6. The molecule has 0 aliphatic carbocycles. The van der Waals surface area contributed by atoms with Crippen molar-refractivity contribution in [2.75, 3.05) is 5.75 Å². The van der Waals surface area contributed by atoms with Gasteiger partial charge < -0.3 is 14.6 Å². The van der Waals surface area contributed by atoms with Crippen molar-refractivity contribution in [3.63, 3.8) is 0 Å². The zero-order valence-electron chi connectivity index (χ0n) is 16.0. The number of thioether (sulfide) groups is 1. The molecule has 5 nitrogen and oxygen atoms in total. The van der Waals surface area contributed by atoms with Gasteiger partial charge in [-0.2, -0.15) is 0 Å². The van der Waals surface area contributed by atoms with Crippen molar-refractivity contribution in [2.45, 2.75) is 45.2 Å². The Kier molecular flexibility index (Phi) is 6.26. The lowest BCUT2D eigenvalue weighted by molar-refractivity contribution is -0.125. The number of aryl methyl sites for hydroxylation is 1. The first-order valence-corrected chi connectivity index (χ1v) is 10.3. The van der Waals surface area contributed by atoms with E-state index in [0.29, 0.717) is 29.5 Å². The smallest absolute Gasteiger partial charge is 0.255 e. The highest BCUT2D eigenvalue weighted by atomic mass is 32.2. The molecule has 3 rings (SSSR count). The summed E-state index contributed by atoms with van der Waals surface area (Å²) in [6, 6.07) is 10.7. The quantitative estimate of drug-likeness (QED) is 0.819. The number of amides is 2. The zero-order chi connectivity index (χ0) is 19.4. The summed E-state index contributed by atoms with van der Waals surface area (Å²) >= 11 is 1.69. The van der Waals surface area contributed by atoms with E-state index in [-0.39, 0.29) is 17.2 Å². The SMILES string of the molecule is Cc1ccccc1C(=O)N1C(CC(C)C)SCC1C(=O)NCc1ccco1. The highest BCUT2D eigenvalue weighted by molar-refractivity contribution is 8.00. The van der Waals surface area contributed by atoms with Crippen molar-refractivity contribution in [2.24, 2.45) is 5.92 Å². The van der Waals surface area contributed by atoms with Gasteiger partial charge in [-0.1, -0.05) is 32.0 Å². The maximum Gasteiger partial charge on any atom is 0.255 e. The Hall–Kier alpha value is -2.21. The number of hydrogen-bond donors (Lipinski definition) is 1. The van der Waals surface area contributed by atoms with Crippen molar-refractivity contribution in [1.29, 1.82) is 0 Å². The Bertz CT molecular complexity index is 788. The third kappa shape index (κ3) is 4.56. The van der Waals surface area contributed by atoms with E-state index in [9.17, 15) is 9.59 Å². The van der Waals surface area contributed by atoms with Crippen molar-refractivity contribution in [3.8, 4) is 0 Å². The number of carbonyl (C=O) groups excluding carboxylic acids is 2. The van der Waals surface area contributed by atoms with Gasteiger partial charge in [0.05, 0.1) is 18.2 Å². The molecule has 1 N–H and O–H groups in total. The molecule has 2 amide bonds. The van der Waals surface area contributed by atoms with Crippen LogP contribution < -0.4 is 5.32 Å². The second kappa shape index (κ2) is 8.65. The van der Waals surface area contributed by atoms with Crippen LogP contribution in [-0.4, -0.2) is 33.9 Å². The van der Waals surface area contributed by atoms with Crippen LogP contribution in [0.15, 0.2) is 47.1 Å². The molecule has 2 aromatic rings. The van der Waals surface area contributed by atoms with Gasteiger partial charge in [0, 0.05) is 11.3 Å². The molecule has 1 saturated heterocycles.